The summed E-state index contributed by atoms with van der Waals surface area (Å²) in [5, 5.41) is 21.4. The molecule has 4 rings (SSSR count). The minimum atomic E-state index is -5.46. The molecule has 0 amide bonds. The molecular weight excluding hydrogens is 568 g/mol. The molecule has 0 aliphatic heterocycles. The SMILES string of the molecule is CN(CCCCCCCC(F)(F)C(F)(F)F)CCCCC[C@@H]1Cc2cc(O)cc(F)c2[C@H]2CC[C@@]3(C)[C@@H](CC[C@]3(C)O)[C@H]12. The highest BCUT2D eigenvalue weighted by atomic mass is 19.4. The first-order chi connectivity index (χ1) is 20.1. The van der Waals surface area contributed by atoms with Crippen LogP contribution < -0.4 is 0 Å². The molecule has 0 spiro atoms. The molecule has 1 aromatic rings. The van der Waals surface area contributed by atoms with Crippen LogP contribution >= 0.6 is 0 Å². The minimum Gasteiger partial charge on any atom is -0.508 e. The number of benzene rings is 1. The molecule has 3 nitrogen and oxygen atoms in total. The fourth-order valence-corrected chi connectivity index (χ4v) is 8.87. The lowest BCUT2D eigenvalue weighted by Gasteiger charge is -2.55. The van der Waals surface area contributed by atoms with Gasteiger partial charge in [-0.05, 0) is 131 Å². The van der Waals surface area contributed by atoms with Crippen molar-refractivity contribution in [2.75, 3.05) is 20.1 Å². The number of hydrogen-bond acceptors (Lipinski definition) is 3. The van der Waals surface area contributed by atoms with Crippen LogP contribution in [0, 0.1) is 29.0 Å². The molecule has 43 heavy (non-hydrogen) atoms. The zero-order chi connectivity index (χ0) is 31.6. The van der Waals surface area contributed by atoms with Gasteiger partial charge in [0.1, 0.15) is 11.6 Å². The standard InChI is InChI=1S/C34H51F6NO2/c1-31-16-13-26-29(27(31)14-17-32(31,2)43)23(20-24-21-25(42)22-28(35)30(24)26)12-8-7-11-19-41(3)18-10-6-4-5-9-15-33(36,37)34(38,39)40/h21-23,26-27,29,42-43H,4-20H2,1-3H3/t23-,26+,27+,29-,31+,32+/m1/s1. The third kappa shape index (κ3) is 7.50. The van der Waals surface area contributed by atoms with Crippen molar-refractivity contribution < 1.29 is 36.6 Å². The molecule has 1 aromatic carbocycles. The van der Waals surface area contributed by atoms with Crippen molar-refractivity contribution >= 4 is 0 Å². The van der Waals surface area contributed by atoms with Crippen molar-refractivity contribution in [1.29, 1.82) is 0 Å². The number of phenols is 1. The van der Waals surface area contributed by atoms with E-state index in [0.29, 0.717) is 30.6 Å². The van der Waals surface area contributed by atoms with Gasteiger partial charge in [-0.2, -0.15) is 22.0 Å². The van der Waals surface area contributed by atoms with Gasteiger partial charge >= 0.3 is 12.1 Å². The van der Waals surface area contributed by atoms with E-state index in [4.69, 9.17) is 0 Å². The Morgan fingerprint density at radius 3 is 2.19 bits per heavy atom. The van der Waals surface area contributed by atoms with Gasteiger partial charge in [0.2, 0.25) is 0 Å². The molecule has 2 N–H and O–H groups in total. The number of phenolic OH excluding ortho intramolecular Hbond substituents is 1. The number of halogens is 6. The Bertz CT molecular complexity index is 1080. The Hall–Kier alpha value is -1.48. The average Bonchev–Trinajstić information content (AvgIpc) is 3.15. The fraction of sp³-hybridized carbons (Fsp3) is 0.824. The van der Waals surface area contributed by atoms with Crippen molar-refractivity contribution in [1.82, 2.24) is 4.90 Å². The topological polar surface area (TPSA) is 43.7 Å². The van der Waals surface area contributed by atoms with Gasteiger partial charge in [-0.3, -0.25) is 0 Å². The number of unbranched alkanes of at least 4 members (excludes halogenated alkanes) is 6. The number of nitrogens with zero attached hydrogens (tertiary/aromatic N) is 1. The summed E-state index contributed by atoms with van der Waals surface area (Å²) in [5.74, 6) is -3.67. The monoisotopic (exact) mass is 619 g/mol. The maximum atomic E-state index is 15.2. The van der Waals surface area contributed by atoms with E-state index in [2.05, 4.69) is 18.9 Å². The molecule has 246 valence electrons. The first kappa shape index (κ1) is 34.4. The second kappa shape index (κ2) is 13.5. The second-order valence-electron chi connectivity index (χ2n) is 14.4. The lowest BCUT2D eigenvalue weighted by Crippen LogP contribution is -2.51. The van der Waals surface area contributed by atoms with Gasteiger partial charge in [0.25, 0.3) is 0 Å². The molecule has 9 heteroatoms. The normalized spacial score (nSPS) is 30.8. The van der Waals surface area contributed by atoms with Gasteiger partial charge in [-0.15, -0.1) is 0 Å². The number of aromatic hydroxyl groups is 1. The van der Waals surface area contributed by atoms with E-state index >= 15 is 4.39 Å². The van der Waals surface area contributed by atoms with E-state index in [1.54, 1.807) is 6.07 Å². The van der Waals surface area contributed by atoms with Crippen LogP contribution in [0.15, 0.2) is 12.1 Å². The van der Waals surface area contributed by atoms with Crippen LogP contribution in [-0.4, -0.2) is 53.0 Å². The van der Waals surface area contributed by atoms with Gasteiger partial charge in [0.15, 0.2) is 0 Å². The van der Waals surface area contributed by atoms with E-state index in [1.165, 1.54) is 6.07 Å². The third-order valence-electron chi connectivity index (χ3n) is 11.6. The van der Waals surface area contributed by atoms with E-state index in [-0.39, 0.29) is 29.3 Å². The van der Waals surface area contributed by atoms with E-state index in [9.17, 15) is 32.2 Å². The van der Waals surface area contributed by atoms with Crippen molar-refractivity contribution in [3.63, 3.8) is 0 Å². The van der Waals surface area contributed by atoms with Crippen LogP contribution in [0.1, 0.15) is 121 Å². The van der Waals surface area contributed by atoms with Crippen molar-refractivity contribution in [3.8, 4) is 5.75 Å². The van der Waals surface area contributed by atoms with Gasteiger partial charge in [0.05, 0.1) is 5.60 Å². The summed E-state index contributed by atoms with van der Waals surface area (Å²) < 4.78 is 77.9. The highest BCUT2D eigenvalue weighted by Crippen LogP contribution is 2.65. The van der Waals surface area contributed by atoms with Gasteiger partial charge in [0, 0.05) is 12.5 Å². The Kier molecular flexibility index (Phi) is 10.8. The van der Waals surface area contributed by atoms with Crippen molar-refractivity contribution in [2.24, 2.45) is 23.2 Å². The summed E-state index contributed by atoms with van der Waals surface area (Å²) in [6, 6.07) is 3.01. The molecule has 3 aliphatic rings. The first-order valence-corrected chi connectivity index (χ1v) is 16.4. The molecule has 3 aliphatic carbocycles. The summed E-state index contributed by atoms with van der Waals surface area (Å²) in [4.78, 5) is 2.25. The number of aliphatic hydroxyl groups is 1. The fourth-order valence-electron chi connectivity index (χ4n) is 8.87. The quantitative estimate of drug-likeness (QED) is 0.161. The lowest BCUT2D eigenvalue weighted by molar-refractivity contribution is -0.284. The Morgan fingerprint density at radius 1 is 0.884 bits per heavy atom. The molecule has 6 atom stereocenters. The number of hydrogen-bond donors (Lipinski definition) is 2. The van der Waals surface area contributed by atoms with Crippen LogP contribution in [0.5, 0.6) is 5.75 Å². The Balaban J connectivity index is 1.21. The second-order valence-corrected chi connectivity index (χ2v) is 14.4. The molecule has 0 unspecified atom stereocenters. The molecule has 0 radical (unpaired) electrons. The Morgan fingerprint density at radius 2 is 1.51 bits per heavy atom. The van der Waals surface area contributed by atoms with Crippen LogP contribution in [0.2, 0.25) is 0 Å². The molecule has 0 bridgehead atoms. The van der Waals surface area contributed by atoms with Gasteiger partial charge < -0.3 is 15.1 Å². The summed E-state index contributed by atoms with van der Waals surface area (Å²) >= 11 is 0. The van der Waals surface area contributed by atoms with Crippen LogP contribution in [-0.2, 0) is 6.42 Å². The predicted octanol–water partition coefficient (Wildman–Crippen LogP) is 9.39. The van der Waals surface area contributed by atoms with Crippen molar-refractivity contribution in [3.05, 3.63) is 29.1 Å². The average molecular weight is 620 g/mol. The van der Waals surface area contributed by atoms with Gasteiger partial charge in [-0.25, -0.2) is 4.39 Å². The number of alkyl halides is 5. The predicted molar refractivity (Wildman–Crippen MR) is 157 cm³/mol. The van der Waals surface area contributed by atoms with E-state index < -0.39 is 24.1 Å². The zero-order valence-corrected chi connectivity index (χ0v) is 26.1. The molecule has 2 saturated carbocycles. The largest absolute Gasteiger partial charge is 0.508 e. The maximum absolute atomic E-state index is 15.2. The molecule has 0 aromatic heterocycles. The number of fused-ring (bicyclic) bond motifs is 5. The van der Waals surface area contributed by atoms with E-state index in [0.717, 1.165) is 94.8 Å². The maximum Gasteiger partial charge on any atom is 0.453 e. The highest BCUT2D eigenvalue weighted by molar-refractivity contribution is 5.42. The van der Waals surface area contributed by atoms with Crippen molar-refractivity contribution in [2.45, 2.75) is 134 Å². The van der Waals surface area contributed by atoms with Gasteiger partial charge in [-0.1, -0.05) is 39.0 Å². The van der Waals surface area contributed by atoms with Crippen LogP contribution in [0.4, 0.5) is 26.3 Å². The summed E-state index contributed by atoms with van der Waals surface area (Å²) in [6.07, 6.45) is 4.56. The first-order valence-electron chi connectivity index (χ1n) is 16.4. The van der Waals surface area contributed by atoms with Crippen LogP contribution in [0.25, 0.3) is 0 Å². The Labute approximate surface area is 253 Å². The van der Waals surface area contributed by atoms with Crippen LogP contribution in [0.3, 0.4) is 0 Å². The minimum absolute atomic E-state index is 0.0102. The molecule has 0 heterocycles. The third-order valence-corrected chi connectivity index (χ3v) is 11.6. The summed E-state index contributed by atoms with van der Waals surface area (Å²) in [6.45, 7) is 6.04. The molecule has 2 fully saturated rings. The lowest BCUT2D eigenvalue weighted by atomic mass is 9.50. The zero-order valence-electron chi connectivity index (χ0n) is 26.1. The highest BCUT2D eigenvalue weighted by Gasteiger charge is 2.61. The molecular formula is C34H51F6NO2. The summed E-state index contributed by atoms with van der Waals surface area (Å²) in [7, 11) is 2.06. The smallest absolute Gasteiger partial charge is 0.453 e. The molecule has 0 saturated heterocycles. The number of rotatable bonds is 14. The van der Waals surface area contributed by atoms with E-state index in [1.807, 2.05) is 6.92 Å². The summed E-state index contributed by atoms with van der Waals surface area (Å²) in [5.41, 5.74) is 0.890.